The van der Waals surface area contributed by atoms with Crippen LogP contribution in [0, 0.1) is 11.3 Å². The van der Waals surface area contributed by atoms with Crippen molar-refractivity contribution in [1.82, 2.24) is 0 Å². The second-order valence-electron chi connectivity index (χ2n) is 5.56. The van der Waals surface area contributed by atoms with Crippen LogP contribution in [0.3, 0.4) is 0 Å². The molecule has 0 aromatic heterocycles. The molecule has 0 aromatic carbocycles. The quantitative estimate of drug-likeness (QED) is 0.751. The SMILES string of the molecule is CCC1CCCC(OC(=O)C(C)(C)CN)C1. The lowest BCUT2D eigenvalue weighted by molar-refractivity contribution is -0.161. The van der Waals surface area contributed by atoms with E-state index in [4.69, 9.17) is 10.5 Å². The predicted molar refractivity (Wildman–Crippen MR) is 65.0 cm³/mol. The Morgan fingerprint density at radius 3 is 2.69 bits per heavy atom. The fourth-order valence-electron chi connectivity index (χ4n) is 2.11. The molecule has 16 heavy (non-hydrogen) atoms. The van der Waals surface area contributed by atoms with Gasteiger partial charge in [-0.25, -0.2) is 0 Å². The maximum Gasteiger partial charge on any atom is 0.313 e. The van der Waals surface area contributed by atoms with E-state index in [0.717, 1.165) is 18.8 Å². The zero-order valence-corrected chi connectivity index (χ0v) is 10.8. The Bertz CT molecular complexity index is 238. The number of carbonyl (C=O) groups excluding carboxylic acids is 1. The van der Waals surface area contributed by atoms with E-state index in [-0.39, 0.29) is 12.1 Å². The number of nitrogens with two attached hydrogens (primary N) is 1. The number of esters is 1. The van der Waals surface area contributed by atoms with Crippen LogP contribution in [0.1, 0.15) is 52.9 Å². The van der Waals surface area contributed by atoms with Crippen molar-refractivity contribution in [3.63, 3.8) is 0 Å². The molecule has 94 valence electrons. The Kier molecular flexibility index (Phi) is 4.78. The third-order valence-corrected chi connectivity index (χ3v) is 3.65. The molecule has 2 N–H and O–H groups in total. The van der Waals surface area contributed by atoms with E-state index in [1.165, 1.54) is 19.3 Å². The van der Waals surface area contributed by atoms with Crippen LogP contribution >= 0.6 is 0 Å². The van der Waals surface area contributed by atoms with Crippen molar-refractivity contribution in [1.29, 1.82) is 0 Å². The standard InChI is InChI=1S/C13H25NO2/c1-4-10-6-5-7-11(8-10)16-12(15)13(2,3)9-14/h10-11H,4-9,14H2,1-3H3. The van der Waals surface area contributed by atoms with Gasteiger partial charge in [0, 0.05) is 6.54 Å². The maximum atomic E-state index is 11.9. The van der Waals surface area contributed by atoms with E-state index in [1.54, 1.807) is 0 Å². The van der Waals surface area contributed by atoms with Crippen LogP contribution in [0.2, 0.25) is 0 Å². The van der Waals surface area contributed by atoms with Crippen LogP contribution in [0.4, 0.5) is 0 Å². The van der Waals surface area contributed by atoms with Crippen molar-refractivity contribution in [3.05, 3.63) is 0 Å². The largest absolute Gasteiger partial charge is 0.462 e. The fraction of sp³-hybridized carbons (Fsp3) is 0.923. The molecule has 1 fully saturated rings. The van der Waals surface area contributed by atoms with Crippen LogP contribution in [-0.4, -0.2) is 18.6 Å². The van der Waals surface area contributed by atoms with E-state index >= 15 is 0 Å². The van der Waals surface area contributed by atoms with Gasteiger partial charge < -0.3 is 10.5 Å². The van der Waals surface area contributed by atoms with Gasteiger partial charge >= 0.3 is 5.97 Å². The van der Waals surface area contributed by atoms with Gasteiger partial charge in [-0.05, 0) is 39.0 Å². The molecule has 0 saturated heterocycles. The monoisotopic (exact) mass is 227 g/mol. The van der Waals surface area contributed by atoms with Crippen molar-refractivity contribution in [2.45, 2.75) is 59.0 Å². The van der Waals surface area contributed by atoms with Gasteiger partial charge in [0.15, 0.2) is 0 Å². The molecule has 0 bridgehead atoms. The smallest absolute Gasteiger partial charge is 0.313 e. The van der Waals surface area contributed by atoms with Crippen LogP contribution in [0.5, 0.6) is 0 Å². The third-order valence-electron chi connectivity index (χ3n) is 3.65. The first-order chi connectivity index (χ1) is 7.49. The van der Waals surface area contributed by atoms with Gasteiger partial charge in [-0.2, -0.15) is 0 Å². The highest BCUT2D eigenvalue weighted by atomic mass is 16.5. The molecule has 0 radical (unpaired) electrons. The summed E-state index contributed by atoms with van der Waals surface area (Å²) in [6.07, 6.45) is 5.82. The number of carbonyl (C=O) groups is 1. The zero-order valence-electron chi connectivity index (χ0n) is 10.8. The zero-order chi connectivity index (χ0) is 12.2. The highest BCUT2D eigenvalue weighted by Crippen LogP contribution is 2.29. The Balaban J connectivity index is 2.45. The van der Waals surface area contributed by atoms with Gasteiger partial charge in [-0.15, -0.1) is 0 Å². The first kappa shape index (κ1) is 13.5. The number of hydrogen-bond acceptors (Lipinski definition) is 3. The van der Waals surface area contributed by atoms with Crippen molar-refractivity contribution < 1.29 is 9.53 Å². The van der Waals surface area contributed by atoms with Crippen LogP contribution < -0.4 is 5.73 Å². The Morgan fingerprint density at radius 2 is 2.12 bits per heavy atom. The van der Waals surface area contributed by atoms with E-state index in [1.807, 2.05) is 13.8 Å². The molecule has 3 heteroatoms. The van der Waals surface area contributed by atoms with Crippen molar-refractivity contribution >= 4 is 5.97 Å². The van der Waals surface area contributed by atoms with Gasteiger partial charge in [0.25, 0.3) is 0 Å². The second kappa shape index (κ2) is 5.67. The topological polar surface area (TPSA) is 52.3 Å². The Labute approximate surface area is 98.7 Å². The molecule has 3 nitrogen and oxygen atoms in total. The van der Waals surface area contributed by atoms with Gasteiger partial charge in [-0.3, -0.25) is 4.79 Å². The summed E-state index contributed by atoms with van der Waals surface area (Å²) < 4.78 is 5.56. The fourth-order valence-corrected chi connectivity index (χ4v) is 2.11. The molecule has 1 rings (SSSR count). The van der Waals surface area contributed by atoms with Gasteiger partial charge in [0.05, 0.1) is 5.41 Å². The number of rotatable bonds is 4. The van der Waals surface area contributed by atoms with Crippen molar-refractivity contribution in [2.24, 2.45) is 17.1 Å². The molecule has 1 saturated carbocycles. The highest BCUT2D eigenvalue weighted by Gasteiger charge is 2.31. The molecule has 2 unspecified atom stereocenters. The minimum absolute atomic E-state index is 0.122. The lowest BCUT2D eigenvalue weighted by Gasteiger charge is -2.31. The molecule has 0 heterocycles. The molecular formula is C13H25NO2. The lowest BCUT2D eigenvalue weighted by Crippen LogP contribution is -2.37. The Morgan fingerprint density at radius 1 is 1.44 bits per heavy atom. The molecular weight excluding hydrogens is 202 g/mol. The first-order valence-electron chi connectivity index (χ1n) is 6.40. The summed E-state index contributed by atoms with van der Waals surface area (Å²) in [5.74, 6) is 0.587. The summed E-state index contributed by atoms with van der Waals surface area (Å²) >= 11 is 0. The average Bonchev–Trinajstić information content (AvgIpc) is 2.29. The molecule has 0 spiro atoms. The molecule has 1 aliphatic rings. The van der Waals surface area contributed by atoms with E-state index in [0.29, 0.717) is 6.54 Å². The minimum atomic E-state index is -0.543. The molecule has 2 atom stereocenters. The normalized spacial score (nSPS) is 26.5. The van der Waals surface area contributed by atoms with Crippen molar-refractivity contribution in [2.75, 3.05) is 6.54 Å². The molecule has 0 amide bonds. The summed E-state index contributed by atoms with van der Waals surface area (Å²) in [4.78, 5) is 11.9. The summed E-state index contributed by atoms with van der Waals surface area (Å²) in [5, 5.41) is 0. The predicted octanol–water partition coefficient (Wildman–Crippen LogP) is 2.48. The van der Waals surface area contributed by atoms with Gasteiger partial charge in [-0.1, -0.05) is 19.8 Å². The van der Waals surface area contributed by atoms with E-state index < -0.39 is 5.41 Å². The first-order valence-corrected chi connectivity index (χ1v) is 6.40. The summed E-state index contributed by atoms with van der Waals surface area (Å²) in [6, 6.07) is 0. The maximum absolute atomic E-state index is 11.9. The molecule has 0 aliphatic heterocycles. The number of hydrogen-bond donors (Lipinski definition) is 1. The highest BCUT2D eigenvalue weighted by molar-refractivity contribution is 5.76. The number of ether oxygens (including phenoxy) is 1. The lowest BCUT2D eigenvalue weighted by atomic mass is 9.85. The minimum Gasteiger partial charge on any atom is -0.462 e. The van der Waals surface area contributed by atoms with Crippen LogP contribution in [-0.2, 0) is 9.53 Å². The third kappa shape index (κ3) is 3.48. The van der Waals surface area contributed by atoms with Crippen LogP contribution in [0.25, 0.3) is 0 Å². The summed E-state index contributed by atoms with van der Waals surface area (Å²) in [6.45, 7) is 6.24. The van der Waals surface area contributed by atoms with Crippen molar-refractivity contribution in [3.8, 4) is 0 Å². The van der Waals surface area contributed by atoms with E-state index in [2.05, 4.69) is 6.92 Å². The summed E-state index contributed by atoms with van der Waals surface area (Å²) in [7, 11) is 0. The average molecular weight is 227 g/mol. The summed E-state index contributed by atoms with van der Waals surface area (Å²) in [5.41, 5.74) is 5.02. The van der Waals surface area contributed by atoms with Gasteiger partial charge in [0.1, 0.15) is 6.10 Å². The second-order valence-corrected chi connectivity index (χ2v) is 5.56. The van der Waals surface area contributed by atoms with Gasteiger partial charge in [0.2, 0.25) is 0 Å². The molecule has 1 aliphatic carbocycles. The van der Waals surface area contributed by atoms with E-state index in [9.17, 15) is 4.79 Å². The Hall–Kier alpha value is -0.570. The van der Waals surface area contributed by atoms with Crippen LogP contribution in [0.15, 0.2) is 0 Å². The molecule has 0 aromatic rings.